The van der Waals surface area contributed by atoms with Gasteiger partial charge >= 0.3 is 5.97 Å². The first-order chi connectivity index (χ1) is 9.78. The van der Waals surface area contributed by atoms with Crippen LogP contribution < -0.4 is 5.32 Å². The fourth-order valence-electron chi connectivity index (χ4n) is 1.38. The van der Waals surface area contributed by atoms with Gasteiger partial charge < -0.3 is 15.2 Å². The molecule has 8 nitrogen and oxygen atoms in total. The van der Waals surface area contributed by atoms with E-state index in [2.05, 4.69) is 5.32 Å². The summed E-state index contributed by atoms with van der Waals surface area (Å²) in [6.07, 6.45) is 0. The number of carbonyl (C=O) groups excluding carboxylic acids is 1. The number of carboxylic acids is 1. The van der Waals surface area contributed by atoms with Gasteiger partial charge in [-0.25, -0.2) is 13.2 Å². The standard InChI is InChI=1S/C11H16N2O6S2/c1-13(6-10(14)12-3-4-19-2)21(17,18)8-5-9(11(15)16)20-7-8/h5,7H,3-4,6H2,1-2H3,(H,12,14)(H,15,16). The topological polar surface area (TPSA) is 113 Å². The minimum Gasteiger partial charge on any atom is -0.477 e. The van der Waals surface area contributed by atoms with E-state index in [0.29, 0.717) is 6.61 Å². The van der Waals surface area contributed by atoms with E-state index in [9.17, 15) is 18.0 Å². The molecule has 0 aliphatic rings. The summed E-state index contributed by atoms with van der Waals surface area (Å²) < 4.78 is 30.0. The minimum absolute atomic E-state index is 0.0773. The molecule has 0 spiro atoms. The van der Waals surface area contributed by atoms with Crippen LogP contribution in [0.2, 0.25) is 0 Å². The Kier molecular flexibility index (Phi) is 6.27. The van der Waals surface area contributed by atoms with Crippen molar-refractivity contribution >= 4 is 33.2 Å². The zero-order valence-electron chi connectivity index (χ0n) is 11.5. The van der Waals surface area contributed by atoms with Gasteiger partial charge in [-0.1, -0.05) is 0 Å². The molecule has 0 radical (unpaired) electrons. The number of ether oxygens (including phenoxy) is 1. The molecule has 0 unspecified atom stereocenters. The molecule has 0 aliphatic heterocycles. The molecular weight excluding hydrogens is 320 g/mol. The van der Waals surface area contributed by atoms with Crippen molar-refractivity contribution in [2.45, 2.75) is 4.90 Å². The molecule has 0 saturated carbocycles. The average molecular weight is 336 g/mol. The van der Waals surface area contributed by atoms with Gasteiger partial charge in [0.2, 0.25) is 15.9 Å². The van der Waals surface area contributed by atoms with Gasteiger partial charge in [0.15, 0.2) is 0 Å². The highest BCUT2D eigenvalue weighted by Gasteiger charge is 2.25. The first kappa shape index (κ1) is 17.6. The fraction of sp³-hybridized carbons (Fsp3) is 0.455. The molecule has 2 N–H and O–H groups in total. The maximum Gasteiger partial charge on any atom is 0.345 e. The Balaban J connectivity index is 2.72. The number of carboxylic acid groups (broad SMARTS) is 1. The molecule has 0 aliphatic carbocycles. The van der Waals surface area contributed by atoms with Crippen LogP contribution in [0.25, 0.3) is 0 Å². The smallest absolute Gasteiger partial charge is 0.345 e. The van der Waals surface area contributed by atoms with Gasteiger partial charge in [-0.05, 0) is 6.07 Å². The minimum atomic E-state index is -3.89. The van der Waals surface area contributed by atoms with Gasteiger partial charge in [0.05, 0.1) is 18.0 Å². The molecule has 1 heterocycles. The highest BCUT2D eigenvalue weighted by atomic mass is 32.2. The van der Waals surface area contributed by atoms with E-state index in [1.165, 1.54) is 19.5 Å². The number of methoxy groups -OCH3 is 1. The zero-order valence-corrected chi connectivity index (χ0v) is 13.2. The van der Waals surface area contributed by atoms with Gasteiger partial charge in [-0.2, -0.15) is 4.31 Å². The molecule has 0 aromatic carbocycles. The van der Waals surface area contributed by atoms with Crippen LogP contribution in [0.5, 0.6) is 0 Å². The Labute approximate surface area is 126 Å². The summed E-state index contributed by atoms with van der Waals surface area (Å²) in [6, 6.07) is 1.07. The SMILES string of the molecule is COCCNC(=O)CN(C)S(=O)(=O)c1csc(C(=O)O)c1. The quantitative estimate of drug-likeness (QED) is 0.637. The lowest BCUT2D eigenvalue weighted by atomic mass is 10.5. The lowest BCUT2D eigenvalue weighted by Gasteiger charge is -2.15. The Morgan fingerprint density at radius 2 is 2.14 bits per heavy atom. The molecule has 118 valence electrons. The Bertz CT molecular complexity index is 610. The third kappa shape index (κ3) is 4.77. The van der Waals surface area contributed by atoms with Crippen LogP contribution in [0.3, 0.4) is 0 Å². The van der Waals surface area contributed by atoms with E-state index in [1.807, 2.05) is 0 Å². The molecule has 0 fully saturated rings. The fourth-order valence-corrected chi connectivity index (χ4v) is 3.61. The first-order valence-electron chi connectivity index (χ1n) is 5.83. The Hall–Kier alpha value is -1.49. The largest absolute Gasteiger partial charge is 0.477 e. The zero-order chi connectivity index (χ0) is 16.0. The second kappa shape index (κ2) is 7.50. The Morgan fingerprint density at radius 1 is 1.48 bits per heavy atom. The highest BCUT2D eigenvalue weighted by molar-refractivity contribution is 7.89. The summed E-state index contributed by atoms with van der Waals surface area (Å²) >= 11 is 0.815. The highest BCUT2D eigenvalue weighted by Crippen LogP contribution is 2.21. The second-order valence-electron chi connectivity index (χ2n) is 4.06. The maximum absolute atomic E-state index is 12.2. The molecule has 1 aromatic rings. The van der Waals surface area contributed by atoms with Gasteiger partial charge in [-0.15, -0.1) is 11.3 Å². The van der Waals surface area contributed by atoms with Crippen LogP contribution in [-0.4, -0.2) is 63.6 Å². The van der Waals surface area contributed by atoms with Crippen LogP contribution in [0.4, 0.5) is 0 Å². The van der Waals surface area contributed by atoms with Crippen molar-refractivity contribution in [1.29, 1.82) is 0 Å². The number of nitrogens with one attached hydrogen (secondary N) is 1. The van der Waals surface area contributed by atoms with Crippen molar-refractivity contribution in [2.24, 2.45) is 0 Å². The third-order valence-electron chi connectivity index (χ3n) is 2.49. The van der Waals surface area contributed by atoms with E-state index >= 15 is 0 Å². The monoisotopic (exact) mass is 336 g/mol. The van der Waals surface area contributed by atoms with Crippen molar-refractivity contribution < 1.29 is 27.9 Å². The molecule has 21 heavy (non-hydrogen) atoms. The average Bonchev–Trinajstić information content (AvgIpc) is 2.89. The summed E-state index contributed by atoms with van der Waals surface area (Å²) in [5.41, 5.74) is 0. The number of rotatable bonds is 8. The number of aromatic carboxylic acids is 1. The van der Waals surface area contributed by atoms with E-state index in [1.54, 1.807) is 0 Å². The molecule has 1 aromatic heterocycles. The van der Waals surface area contributed by atoms with Crippen molar-refractivity contribution in [2.75, 3.05) is 33.9 Å². The van der Waals surface area contributed by atoms with Crippen LogP contribution in [0.1, 0.15) is 9.67 Å². The summed E-state index contributed by atoms with van der Waals surface area (Å²) in [7, 11) is -1.15. The summed E-state index contributed by atoms with van der Waals surface area (Å²) in [5, 5.41) is 12.5. The van der Waals surface area contributed by atoms with Crippen LogP contribution in [-0.2, 0) is 19.6 Å². The number of nitrogens with zero attached hydrogens (tertiary/aromatic N) is 1. The molecule has 0 saturated heterocycles. The number of hydrogen-bond acceptors (Lipinski definition) is 6. The van der Waals surface area contributed by atoms with Crippen molar-refractivity contribution in [1.82, 2.24) is 9.62 Å². The summed E-state index contributed by atoms with van der Waals surface area (Å²) in [5.74, 6) is -1.66. The maximum atomic E-state index is 12.2. The molecular formula is C11H16N2O6S2. The van der Waals surface area contributed by atoms with E-state index in [0.717, 1.165) is 21.7 Å². The van der Waals surface area contributed by atoms with Crippen molar-refractivity contribution in [3.8, 4) is 0 Å². The van der Waals surface area contributed by atoms with Crippen molar-refractivity contribution in [3.05, 3.63) is 16.3 Å². The van der Waals surface area contributed by atoms with Gasteiger partial charge in [-0.3, -0.25) is 4.79 Å². The van der Waals surface area contributed by atoms with E-state index < -0.39 is 21.9 Å². The normalized spacial score (nSPS) is 11.6. The number of thiophene rings is 1. The van der Waals surface area contributed by atoms with Gasteiger partial charge in [0.1, 0.15) is 4.88 Å². The van der Waals surface area contributed by atoms with Gasteiger partial charge in [0.25, 0.3) is 0 Å². The van der Waals surface area contributed by atoms with E-state index in [-0.39, 0.29) is 22.9 Å². The second-order valence-corrected chi connectivity index (χ2v) is 7.01. The lowest BCUT2D eigenvalue weighted by Crippen LogP contribution is -2.39. The van der Waals surface area contributed by atoms with Gasteiger partial charge in [0, 0.05) is 26.1 Å². The summed E-state index contributed by atoms with van der Waals surface area (Å²) in [4.78, 5) is 22.1. The molecule has 0 atom stereocenters. The number of hydrogen-bond donors (Lipinski definition) is 2. The van der Waals surface area contributed by atoms with E-state index in [4.69, 9.17) is 9.84 Å². The van der Waals surface area contributed by atoms with Crippen LogP contribution in [0.15, 0.2) is 16.3 Å². The Morgan fingerprint density at radius 3 is 2.67 bits per heavy atom. The number of likely N-dealkylation sites (N-methyl/N-ethyl adjacent to an activating group) is 1. The first-order valence-corrected chi connectivity index (χ1v) is 8.14. The van der Waals surface area contributed by atoms with Crippen molar-refractivity contribution in [3.63, 3.8) is 0 Å². The van der Waals surface area contributed by atoms with Crippen LogP contribution in [0, 0.1) is 0 Å². The number of amides is 1. The molecule has 1 amide bonds. The predicted molar refractivity (Wildman–Crippen MR) is 76.0 cm³/mol. The molecule has 10 heteroatoms. The third-order valence-corrected chi connectivity index (χ3v) is 5.34. The number of carbonyl (C=O) groups is 2. The lowest BCUT2D eigenvalue weighted by molar-refractivity contribution is -0.121. The predicted octanol–water partition coefficient (Wildman–Crippen LogP) is -0.171. The molecule has 1 rings (SSSR count). The summed E-state index contributed by atoms with van der Waals surface area (Å²) in [6.45, 7) is 0.254. The molecule has 0 bridgehead atoms. The van der Waals surface area contributed by atoms with Crippen LogP contribution >= 0.6 is 11.3 Å². The number of sulfonamides is 1.